The average Bonchev–Trinajstić information content (AvgIpc) is 1.49. The Labute approximate surface area is 760 Å². The number of aromatic nitrogens is 5. The molecular weight excluding hydrogens is 1710 g/mol. The van der Waals surface area contributed by atoms with Crippen LogP contribution in [-0.2, 0) is 40.4 Å². The summed E-state index contributed by atoms with van der Waals surface area (Å²) in [7, 11) is 2.81. The number of amides is 4. The summed E-state index contributed by atoms with van der Waals surface area (Å²) >= 11 is 18.6. The number of benzene rings is 8. The topological polar surface area (TPSA) is 226 Å². The molecule has 13 heterocycles. The number of alkyl halides is 3. The van der Waals surface area contributed by atoms with Crippen LogP contribution in [0.4, 0.5) is 13.2 Å². The van der Waals surface area contributed by atoms with E-state index in [1.54, 1.807) is 50.4 Å². The van der Waals surface area contributed by atoms with Crippen molar-refractivity contribution in [3.63, 3.8) is 0 Å². The van der Waals surface area contributed by atoms with E-state index in [9.17, 15) is 42.7 Å². The highest BCUT2D eigenvalue weighted by molar-refractivity contribution is 6.31. The van der Waals surface area contributed by atoms with Crippen LogP contribution in [0.5, 0.6) is 40.2 Å². The molecule has 0 saturated carbocycles. The van der Waals surface area contributed by atoms with E-state index in [0.29, 0.717) is 144 Å². The summed E-state index contributed by atoms with van der Waals surface area (Å²) in [5.74, 6) is 3.60. The van der Waals surface area contributed by atoms with Gasteiger partial charge in [0.15, 0.2) is 33.9 Å². The third kappa shape index (κ3) is 16.0. The molecule has 664 valence electrons. The number of rotatable bonds is 7. The van der Waals surface area contributed by atoms with E-state index < -0.39 is 40.1 Å². The lowest BCUT2D eigenvalue weighted by atomic mass is 9.85. The lowest BCUT2D eigenvalue weighted by Gasteiger charge is -2.45. The number of fused-ring (bicyclic) bond motifs is 17. The molecule has 8 aliphatic heterocycles. The van der Waals surface area contributed by atoms with E-state index in [1.807, 2.05) is 161 Å². The number of carbonyl (C=O) groups excluding carboxylic acids is 4. The van der Waals surface area contributed by atoms with Gasteiger partial charge in [-0.3, -0.25) is 23.7 Å². The minimum absolute atomic E-state index is 0. The summed E-state index contributed by atoms with van der Waals surface area (Å²) in [4.78, 5) is 64.3. The average molecular weight is 1810 g/mol. The molecule has 13 aromatic rings. The monoisotopic (exact) mass is 1800 g/mol. The predicted octanol–water partition coefficient (Wildman–Crippen LogP) is 21.4. The number of para-hydroxylation sites is 3. The van der Waals surface area contributed by atoms with Gasteiger partial charge in [0.2, 0.25) is 0 Å². The van der Waals surface area contributed by atoms with Crippen LogP contribution in [0, 0.1) is 25.2 Å². The zero-order chi connectivity index (χ0) is 90.4. The van der Waals surface area contributed by atoms with Crippen molar-refractivity contribution < 1.29 is 71.7 Å². The first-order chi connectivity index (χ1) is 61.9. The maximum absolute atomic E-state index is 13.4. The Morgan fingerprint density at radius 1 is 0.488 bits per heavy atom. The van der Waals surface area contributed by atoms with E-state index in [-0.39, 0.29) is 54.7 Å². The number of ether oxygens (including phenoxy) is 6. The Hall–Kier alpha value is -13.0. The molecule has 22 nitrogen and oxygen atoms in total. The van der Waals surface area contributed by atoms with Gasteiger partial charge in [-0.05, 0) is 181 Å². The standard InChI is InChI=1S/C26H27ClN2O3.C26H28N2O3.C25H19ClF3N3O3.C24H20ClN3O3.H2/c1-25(2,3)19-8-6-17(15-21(19)30)24(31)28-13-10-26(11-14-28)23-5-4-12-29(23)20-9-7-18(27)16-22(20)32-26;1-4-19-9-10-20(16-23(19)30-3)25(29)27-13-11-26(12-14-27)24-15-18(2)17-28(24)21-7-5-6-8-22(21)31-26;1-34-20-6-2-15(12-18(20)25(27,28)29)23(33)31-10-8-24(9-11-31)22-7-4-17(14-30)32(22)19-5-3-16(26)13-21(19)35-24;1-15-26-18-5-2-4-17(22(18)30-15)23(29)27-12-9-24(10-13-27)21-6-3-11-28(21)19-8-7-16(25)14-20(19)31-24;/h4-9,12,15-16,30H,10-11,13-14H2,1-3H3;5-10,15-17H,4,11-14H2,1-3H3;2-7,12-13H,8-11H2,1H3;2-8,11,14H,9-10,12-13H2,1H3;1H. The highest BCUT2D eigenvalue weighted by atomic mass is 35.5. The van der Waals surface area contributed by atoms with E-state index in [1.165, 1.54) is 22.2 Å². The molecule has 129 heavy (non-hydrogen) atoms. The molecule has 28 heteroatoms. The number of nitrogens with zero attached hydrogens (tertiary/aromatic N) is 10. The number of aromatic hydroxyl groups is 1. The van der Waals surface area contributed by atoms with Crippen molar-refractivity contribution in [2.75, 3.05) is 66.6 Å². The van der Waals surface area contributed by atoms with Crippen LogP contribution in [0.1, 0.15) is 179 Å². The number of phenolic OH excluding ortho intramolecular Hbond substituents is 1. The normalized spacial score (nSPS) is 16.6. The SMILES string of the molecule is CC(C)(C)c1ccc(C(=O)N2CCC3(CC2)Oc2cc(Cl)ccc2-n2cccc23)cc1O.CCc1ccc(C(=O)N2CCC3(CC2)Oc2ccccc2-n2cc(C)cc23)cc1OC.COc1ccc(C(=O)N2CCC3(CC2)Oc2cc(Cl)ccc2-n2c(C#N)ccc23)cc1C(F)(F)F.Cc1nc2cccc(C(=O)N3CCC4(CC3)Oc3cc(Cl)ccc3-n3cccc34)c2o1.[HH]. The second kappa shape index (κ2) is 33.9. The molecule has 4 saturated heterocycles. The predicted molar refractivity (Wildman–Crippen MR) is 485 cm³/mol. The lowest BCUT2D eigenvalue weighted by molar-refractivity contribution is -0.138. The first kappa shape index (κ1) is 86.7. The van der Waals surface area contributed by atoms with Crippen LogP contribution in [0.25, 0.3) is 33.8 Å². The Balaban J connectivity index is 0.000000121. The molecule has 0 aliphatic carbocycles. The number of hydrogen-bond acceptors (Lipinski definition) is 14. The van der Waals surface area contributed by atoms with Gasteiger partial charge in [0, 0.05) is 181 Å². The largest absolute Gasteiger partial charge is 0.508 e. The zero-order valence-electron chi connectivity index (χ0n) is 72.4. The molecule has 0 radical (unpaired) electrons. The molecule has 8 aliphatic rings. The van der Waals surface area contributed by atoms with Crippen molar-refractivity contribution in [3.8, 4) is 69.1 Å². The summed E-state index contributed by atoms with van der Waals surface area (Å²) < 4.78 is 90.9. The summed E-state index contributed by atoms with van der Waals surface area (Å²) in [6.07, 6.45) is 7.56. The highest BCUT2D eigenvalue weighted by Crippen LogP contribution is 2.52. The van der Waals surface area contributed by atoms with Crippen molar-refractivity contribution >= 4 is 69.5 Å². The third-order valence-corrected chi connectivity index (χ3v) is 26.8. The number of aryl methyl sites for hydroxylation is 3. The van der Waals surface area contributed by atoms with Crippen LogP contribution >= 0.6 is 34.8 Å². The Morgan fingerprint density at radius 3 is 1.48 bits per heavy atom. The number of carbonyl (C=O) groups is 4. The van der Waals surface area contributed by atoms with Crippen LogP contribution in [0.15, 0.2) is 217 Å². The van der Waals surface area contributed by atoms with Gasteiger partial charge in [0.05, 0.1) is 70.9 Å². The Bertz CT molecular complexity index is 6620. The Morgan fingerprint density at radius 2 is 0.961 bits per heavy atom. The number of phenols is 1. The van der Waals surface area contributed by atoms with Crippen molar-refractivity contribution in [2.45, 2.75) is 133 Å². The number of piperidine rings is 4. The van der Waals surface area contributed by atoms with Crippen molar-refractivity contribution in [1.29, 1.82) is 5.26 Å². The fourth-order valence-corrected chi connectivity index (χ4v) is 20.0. The smallest absolute Gasteiger partial charge is 0.419 e. The minimum Gasteiger partial charge on any atom is -0.508 e. The molecule has 0 unspecified atom stereocenters. The molecule has 0 bridgehead atoms. The van der Waals surface area contributed by atoms with Gasteiger partial charge >= 0.3 is 6.18 Å². The van der Waals surface area contributed by atoms with Crippen LogP contribution in [0.2, 0.25) is 15.1 Å². The molecule has 0 atom stereocenters. The van der Waals surface area contributed by atoms with Gasteiger partial charge in [0.1, 0.15) is 57.5 Å². The third-order valence-electron chi connectivity index (χ3n) is 26.1. The zero-order valence-corrected chi connectivity index (χ0v) is 74.7. The van der Waals surface area contributed by atoms with Gasteiger partial charge in [-0.1, -0.05) is 92.8 Å². The minimum atomic E-state index is -4.65. The Kier molecular flexibility index (Phi) is 22.8. The van der Waals surface area contributed by atoms with E-state index >= 15 is 0 Å². The molecule has 5 aromatic heterocycles. The number of nitriles is 1. The maximum atomic E-state index is 13.4. The van der Waals surface area contributed by atoms with E-state index in [0.717, 1.165) is 107 Å². The fraction of sp³-hybridized carbons (Fsp3) is 0.307. The summed E-state index contributed by atoms with van der Waals surface area (Å²) in [6, 6.07) is 60.9. The molecule has 4 amide bonds. The number of oxazole rings is 1. The van der Waals surface area contributed by atoms with Gasteiger partial charge in [0.25, 0.3) is 23.6 Å². The molecule has 4 fully saturated rings. The first-order valence-electron chi connectivity index (χ1n) is 43.1. The summed E-state index contributed by atoms with van der Waals surface area (Å²) in [5, 5.41) is 21.9. The van der Waals surface area contributed by atoms with Crippen LogP contribution in [0.3, 0.4) is 0 Å². The molecule has 8 aromatic carbocycles. The molecule has 1 N–H and O–H groups in total. The fourth-order valence-electron chi connectivity index (χ4n) is 19.5. The highest BCUT2D eigenvalue weighted by Gasteiger charge is 2.51. The summed E-state index contributed by atoms with van der Waals surface area (Å²) in [5.41, 5.74) is 11.1. The van der Waals surface area contributed by atoms with Gasteiger partial charge in [-0.15, -0.1) is 0 Å². The second-order valence-electron chi connectivity index (χ2n) is 34.9. The quantitative estimate of drug-likeness (QED) is 0.157. The number of methoxy groups -OCH3 is 2. The van der Waals surface area contributed by atoms with Crippen LogP contribution < -0.4 is 28.4 Å². The molecule has 4 spiro atoms. The first-order valence-corrected chi connectivity index (χ1v) is 44.3. The van der Waals surface area contributed by atoms with Crippen molar-refractivity contribution in [2.24, 2.45) is 0 Å². The number of likely N-dealkylation sites (tertiary alicyclic amines) is 4. The maximum Gasteiger partial charge on any atom is 0.419 e. The van der Waals surface area contributed by atoms with E-state index in [2.05, 4.69) is 75.3 Å². The lowest BCUT2D eigenvalue weighted by Crippen LogP contribution is -2.50. The number of halogens is 6. The van der Waals surface area contributed by atoms with Gasteiger partial charge in [-0.25, -0.2) is 4.98 Å². The van der Waals surface area contributed by atoms with Crippen molar-refractivity contribution in [1.82, 2.24) is 42.9 Å². The second-order valence-corrected chi connectivity index (χ2v) is 36.2. The molecular formula is C101H96Cl3F3N10O12. The van der Waals surface area contributed by atoms with Gasteiger partial charge in [-0.2, -0.15) is 18.4 Å². The van der Waals surface area contributed by atoms with Gasteiger partial charge < -0.3 is 71.2 Å². The molecule has 21 rings (SSSR count). The summed E-state index contributed by atoms with van der Waals surface area (Å²) in [6.45, 7) is 16.3. The number of hydrogen-bond donors (Lipinski definition) is 1. The van der Waals surface area contributed by atoms with Crippen molar-refractivity contribution in [3.05, 3.63) is 307 Å². The van der Waals surface area contributed by atoms with E-state index in [4.69, 9.17) is 67.6 Å². The van der Waals surface area contributed by atoms with Crippen LogP contribution in [-0.4, -0.2) is 138 Å².